The number of alkyl halides is 2. The molecule has 8 heteroatoms. The lowest BCUT2D eigenvalue weighted by Crippen LogP contribution is -2.27. The predicted molar refractivity (Wildman–Crippen MR) is 117 cm³/mol. The molecule has 3 aromatic rings. The number of rotatable bonds is 7. The summed E-state index contributed by atoms with van der Waals surface area (Å²) in [5.41, 5.74) is 2.55. The predicted octanol–water partition coefficient (Wildman–Crippen LogP) is 4.75. The summed E-state index contributed by atoms with van der Waals surface area (Å²) >= 11 is 17.7. The van der Waals surface area contributed by atoms with Crippen LogP contribution in [0.4, 0.5) is 5.69 Å². The molecule has 1 aromatic heterocycles. The minimum atomic E-state index is 0.536. The van der Waals surface area contributed by atoms with E-state index < -0.39 is 0 Å². The van der Waals surface area contributed by atoms with E-state index in [9.17, 15) is 5.21 Å². The minimum absolute atomic E-state index is 0.536. The highest BCUT2D eigenvalue weighted by atomic mass is 35.5. The van der Waals surface area contributed by atoms with Crippen LogP contribution in [0.15, 0.2) is 64.9 Å². The monoisotopic (exact) mass is 436 g/mol. The van der Waals surface area contributed by atoms with Crippen LogP contribution in [-0.2, 0) is 0 Å². The molecule has 0 spiro atoms. The summed E-state index contributed by atoms with van der Waals surface area (Å²) in [4.78, 5) is 2.14. The van der Waals surface area contributed by atoms with Crippen LogP contribution in [0.3, 0.4) is 0 Å². The van der Waals surface area contributed by atoms with Crippen LogP contribution in [0.25, 0.3) is 10.9 Å². The van der Waals surface area contributed by atoms with Crippen molar-refractivity contribution >= 4 is 57.6 Å². The van der Waals surface area contributed by atoms with Crippen molar-refractivity contribution in [2.24, 2.45) is 10.2 Å². The average Bonchev–Trinajstić information content (AvgIpc) is 2.70. The number of anilines is 1. The van der Waals surface area contributed by atoms with E-state index >= 15 is 0 Å². The standard InChI is InChI=1S/C20H19Cl3N4O/c21-8-11-26(12-9-22)17-4-1-15(2-5-17)14-24-25-19-7-10-27(28)20-13-16(23)3-6-18(19)20/h1-7,10,13-14,28H,8-9,11-12H2/b24-14-,25-19?. The highest BCUT2D eigenvalue weighted by Crippen LogP contribution is 2.16. The van der Waals surface area contributed by atoms with Gasteiger partial charge in [0, 0.05) is 47.1 Å². The first-order valence-corrected chi connectivity index (χ1v) is 10.1. The highest BCUT2D eigenvalue weighted by molar-refractivity contribution is 6.31. The van der Waals surface area contributed by atoms with Crippen molar-refractivity contribution in [3.05, 3.63) is 70.7 Å². The molecule has 0 saturated heterocycles. The summed E-state index contributed by atoms with van der Waals surface area (Å²) < 4.78 is 1.01. The van der Waals surface area contributed by atoms with Crippen LogP contribution in [-0.4, -0.2) is 41.0 Å². The summed E-state index contributed by atoms with van der Waals surface area (Å²) in [6.07, 6.45) is 3.18. The van der Waals surface area contributed by atoms with E-state index in [1.165, 1.54) is 6.20 Å². The third-order valence-corrected chi connectivity index (χ3v) is 4.77. The molecule has 0 unspecified atom stereocenters. The van der Waals surface area contributed by atoms with Crippen LogP contribution >= 0.6 is 34.8 Å². The second-order valence-corrected chi connectivity index (χ2v) is 7.20. The van der Waals surface area contributed by atoms with Crippen molar-refractivity contribution in [3.8, 4) is 0 Å². The van der Waals surface area contributed by atoms with Gasteiger partial charge in [-0.15, -0.1) is 23.2 Å². The Morgan fingerprint density at radius 2 is 1.71 bits per heavy atom. The van der Waals surface area contributed by atoms with Crippen molar-refractivity contribution in [1.82, 2.24) is 4.73 Å². The number of aromatic nitrogens is 1. The molecule has 0 aliphatic carbocycles. The van der Waals surface area contributed by atoms with E-state index in [1.807, 2.05) is 24.3 Å². The molecule has 1 heterocycles. The first-order chi connectivity index (χ1) is 13.6. The van der Waals surface area contributed by atoms with Gasteiger partial charge in [0.05, 0.1) is 17.1 Å². The topological polar surface area (TPSA) is 53.1 Å². The summed E-state index contributed by atoms with van der Waals surface area (Å²) in [6.45, 7) is 1.49. The lowest BCUT2D eigenvalue weighted by Gasteiger charge is -2.22. The smallest absolute Gasteiger partial charge is 0.0967 e. The zero-order valence-electron chi connectivity index (χ0n) is 15.0. The SMILES string of the molecule is On1ccc(=N/N=C\c2ccc(N(CCCl)CCCl)cc2)c2ccc(Cl)cc21. The van der Waals surface area contributed by atoms with E-state index in [1.54, 1.807) is 30.5 Å². The molecule has 0 radical (unpaired) electrons. The molecule has 1 N–H and O–H groups in total. The van der Waals surface area contributed by atoms with E-state index in [0.29, 0.717) is 27.7 Å². The molecule has 2 aromatic carbocycles. The van der Waals surface area contributed by atoms with Gasteiger partial charge in [-0.3, -0.25) is 0 Å². The molecular formula is C20H19Cl3N4O. The number of benzene rings is 2. The van der Waals surface area contributed by atoms with Crippen molar-refractivity contribution in [2.45, 2.75) is 0 Å². The largest absolute Gasteiger partial charge is 0.428 e. The zero-order valence-corrected chi connectivity index (χ0v) is 17.2. The summed E-state index contributed by atoms with van der Waals surface area (Å²) in [6, 6.07) is 14.9. The van der Waals surface area contributed by atoms with Crippen LogP contribution < -0.4 is 10.3 Å². The maximum absolute atomic E-state index is 9.93. The number of halogens is 3. The Hall–Kier alpha value is -2.21. The normalized spacial score (nSPS) is 12.2. The lowest BCUT2D eigenvalue weighted by molar-refractivity contribution is 0.198. The van der Waals surface area contributed by atoms with Gasteiger partial charge in [-0.1, -0.05) is 23.7 Å². The van der Waals surface area contributed by atoms with E-state index in [0.717, 1.165) is 34.5 Å². The van der Waals surface area contributed by atoms with Gasteiger partial charge >= 0.3 is 0 Å². The van der Waals surface area contributed by atoms with Gasteiger partial charge in [0.25, 0.3) is 0 Å². The van der Waals surface area contributed by atoms with Gasteiger partial charge in [0.15, 0.2) is 0 Å². The van der Waals surface area contributed by atoms with Gasteiger partial charge in [0.2, 0.25) is 0 Å². The Bertz CT molecular complexity index is 1030. The van der Waals surface area contributed by atoms with E-state index in [4.69, 9.17) is 34.8 Å². The lowest BCUT2D eigenvalue weighted by atomic mass is 10.2. The second kappa shape index (κ2) is 9.82. The second-order valence-electron chi connectivity index (χ2n) is 6.01. The van der Waals surface area contributed by atoms with Gasteiger partial charge < -0.3 is 10.1 Å². The first kappa shape index (κ1) is 20.5. The highest BCUT2D eigenvalue weighted by Gasteiger charge is 2.05. The van der Waals surface area contributed by atoms with E-state index in [-0.39, 0.29) is 0 Å². The molecule has 146 valence electrons. The molecule has 0 saturated carbocycles. The third-order valence-electron chi connectivity index (χ3n) is 4.20. The van der Waals surface area contributed by atoms with Gasteiger partial charge in [0.1, 0.15) is 0 Å². The summed E-state index contributed by atoms with van der Waals surface area (Å²) in [5, 5.41) is 20.3. The maximum atomic E-state index is 9.93. The third kappa shape index (κ3) is 4.98. The number of fused-ring (bicyclic) bond motifs is 1. The number of pyridine rings is 1. The Morgan fingerprint density at radius 1 is 1.00 bits per heavy atom. The Morgan fingerprint density at radius 3 is 2.39 bits per heavy atom. The average molecular weight is 438 g/mol. The molecule has 28 heavy (non-hydrogen) atoms. The van der Waals surface area contributed by atoms with Crippen LogP contribution in [0.1, 0.15) is 5.56 Å². The fourth-order valence-electron chi connectivity index (χ4n) is 2.81. The fraction of sp³-hybridized carbons (Fsp3) is 0.200. The number of hydrogen-bond donors (Lipinski definition) is 1. The molecule has 5 nitrogen and oxygen atoms in total. The Labute approximate surface area is 178 Å². The first-order valence-electron chi connectivity index (χ1n) is 8.66. The maximum Gasteiger partial charge on any atom is 0.0967 e. The van der Waals surface area contributed by atoms with Gasteiger partial charge in [-0.25, -0.2) is 0 Å². The van der Waals surface area contributed by atoms with Crippen molar-refractivity contribution in [3.63, 3.8) is 0 Å². The van der Waals surface area contributed by atoms with Gasteiger partial charge in [-0.05, 0) is 42.0 Å². The molecule has 0 bridgehead atoms. The molecule has 0 amide bonds. The Balaban J connectivity index is 1.83. The minimum Gasteiger partial charge on any atom is -0.428 e. The molecule has 0 aliphatic heterocycles. The number of nitrogens with zero attached hydrogens (tertiary/aromatic N) is 4. The number of hydrogen-bond acceptors (Lipinski definition) is 4. The molecule has 0 aliphatic rings. The van der Waals surface area contributed by atoms with Gasteiger partial charge in [-0.2, -0.15) is 14.9 Å². The Kier molecular flexibility index (Phi) is 7.20. The molecule has 0 atom stereocenters. The van der Waals surface area contributed by atoms with Crippen molar-refractivity contribution in [1.29, 1.82) is 0 Å². The molecular weight excluding hydrogens is 419 g/mol. The zero-order chi connectivity index (χ0) is 19.9. The summed E-state index contributed by atoms with van der Waals surface area (Å²) in [5.74, 6) is 1.09. The molecule has 3 rings (SSSR count). The summed E-state index contributed by atoms with van der Waals surface area (Å²) in [7, 11) is 0. The van der Waals surface area contributed by atoms with Crippen LogP contribution in [0.5, 0.6) is 0 Å². The quantitative estimate of drug-likeness (QED) is 0.251. The fourth-order valence-corrected chi connectivity index (χ4v) is 3.39. The van der Waals surface area contributed by atoms with Crippen LogP contribution in [0, 0.1) is 0 Å². The van der Waals surface area contributed by atoms with E-state index in [2.05, 4.69) is 15.1 Å². The van der Waals surface area contributed by atoms with Crippen molar-refractivity contribution < 1.29 is 5.21 Å². The van der Waals surface area contributed by atoms with Crippen LogP contribution in [0.2, 0.25) is 5.02 Å². The van der Waals surface area contributed by atoms with Crippen molar-refractivity contribution in [2.75, 3.05) is 29.7 Å². The molecule has 0 fully saturated rings.